The molecule has 14 N–H and O–H groups in total. The van der Waals surface area contributed by atoms with Gasteiger partial charge in [-0.1, -0.05) is 108 Å². The van der Waals surface area contributed by atoms with Crippen LogP contribution in [0.1, 0.15) is 69.6 Å². The van der Waals surface area contributed by atoms with Crippen LogP contribution in [0.4, 0.5) is 0 Å². The molecule has 4 aromatic carbocycles. The Hall–Kier alpha value is -6.78. The summed E-state index contributed by atoms with van der Waals surface area (Å²) in [6.45, 7) is 4.99. The second-order valence-electron chi connectivity index (χ2n) is 20.1. The standard InChI is InChI=1S/C56H71N9O10S2/c1-31(2)49-48(69)27-39(53(72)65-50(32(3)66)51(59)70)29-76-77-30-46(63-54(73)42(58)24-34-15-18-35-10-4-5-11-36(35)23-34)47(68)26-37(22-33-16-19-40(67)20-17-33)52(71)62-45(25-38-28-60-43-13-7-6-12-41(38)43)56(75)61-44(55(74)64-49)14-8-9-21-57/h4-7,10-13,15-20,23,28,31-32,37,39,42,44-46,49-50,60,66-67H,8-9,14,21-22,24-27,29-30,57-58H2,1-3H3,(H2,59,70)(H,61,75)(H,62,71)(H,63,73)(H,64,74)(H,65,72). The fourth-order valence-electron chi connectivity index (χ4n) is 9.24. The first-order chi connectivity index (χ1) is 36.8. The fraction of sp³-hybridized carbons (Fsp3) is 0.429. The summed E-state index contributed by atoms with van der Waals surface area (Å²) in [4.78, 5) is 117. The van der Waals surface area contributed by atoms with Crippen LogP contribution in [0, 0.1) is 17.8 Å². The van der Waals surface area contributed by atoms with Gasteiger partial charge in [-0.05, 0) is 97.2 Å². The van der Waals surface area contributed by atoms with E-state index in [0.29, 0.717) is 30.5 Å². The number of primary amides is 1. The number of carbonyl (C=O) groups is 8. The van der Waals surface area contributed by atoms with E-state index < -0.39 is 120 Å². The molecule has 2 heterocycles. The summed E-state index contributed by atoms with van der Waals surface area (Å²) in [5.74, 6) is -8.72. The molecule has 1 aliphatic rings. The van der Waals surface area contributed by atoms with Crippen molar-refractivity contribution in [1.29, 1.82) is 0 Å². The number of para-hydroxylation sites is 1. The molecule has 1 saturated heterocycles. The maximum Gasteiger partial charge on any atom is 0.243 e. The lowest BCUT2D eigenvalue weighted by molar-refractivity contribution is -0.136. The zero-order valence-electron chi connectivity index (χ0n) is 43.5. The normalized spacial score (nSPS) is 21.8. The summed E-state index contributed by atoms with van der Waals surface area (Å²) in [6, 6.07) is 19.4. The number of benzene rings is 4. The number of aliphatic hydroxyl groups is 1. The Balaban J connectivity index is 1.39. The lowest BCUT2D eigenvalue weighted by Gasteiger charge is -2.29. The van der Waals surface area contributed by atoms with Crippen LogP contribution >= 0.6 is 21.6 Å². The number of phenols is 1. The van der Waals surface area contributed by atoms with Gasteiger partial charge in [0.25, 0.3) is 0 Å². The van der Waals surface area contributed by atoms with Crippen LogP contribution in [0.15, 0.2) is 97.2 Å². The fourth-order valence-corrected chi connectivity index (χ4v) is 11.7. The number of rotatable bonds is 17. The first-order valence-electron chi connectivity index (χ1n) is 25.9. The quantitative estimate of drug-likeness (QED) is 0.0471. The molecular weight excluding hydrogens is 1020 g/mol. The number of aromatic hydroxyl groups is 1. The van der Waals surface area contributed by atoms with Crippen molar-refractivity contribution in [1.82, 2.24) is 31.6 Å². The Bertz CT molecular complexity index is 2880. The molecule has 9 unspecified atom stereocenters. The van der Waals surface area contributed by atoms with Gasteiger partial charge in [-0.25, -0.2) is 0 Å². The van der Waals surface area contributed by atoms with Crippen molar-refractivity contribution >= 4 is 90.3 Å². The number of hydrogen-bond donors (Lipinski definition) is 11. The number of amides is 6. The number of carbonyl (C=O) groups excluding carboxylic acids is 8. The van der Waals surface area contributed by atoms with Gasteiger partial charge in [-0.15, -0.1) is 0 Å². The number of aliphatic hydroxyl groups excluding tert-OH is 1. The van der Waals surface area contributed by atoms with E-state index in [1.165, 1.54) is 19.1 Å². The second-order valence-corrected chi connectivity index (χ2v) is 22.6. The largest absolute Gasteiger partial charge is 0.508 e. The average molecular weight is 1090 g/mol. The highest BCUT2D eigenvalue weighted by Gasteiger charge is 2.37. The molecule has 5 aromatic rings. The molecule has 21 heteroatoms. The summed E-state index contributed by atoms with van der Waals surface area (Å²) in [5.41, 5.74) is 20.7. The zero-order valence-corrected chi connectivity index (χ0v) is 45.1. The van der Waals surface area contributed by atoms with Crippen molar-refractivity contribution in [2.75, 3.05) is 18.1 Å². The van der Waals surface area contributed by atoms with Gasteiger partial charge < -0.3 is 59.0 Å². The predicted octanol–water partition coefficient (Wildman–Crippen LogP) is 3.00. The molecule has 6 amide bonds. The van der Waals surface area contributed by atoms with Crippen molar-refractivity contribution in [2.45, 2.75) is 114 Å². The van der Waals surface area contributed by atoms with Crippen LogP contribution in [-0.2, 0) is 57.6 Å². The van der Waals surface area contributed by atoms with Gasteiger partial charge in [0.1, 0.15) is 23.9 Å². The Morgan fingerprint density at radius 2 is 1.42 bits per heavy atom. The van der Waals surface area contributed by atoms with Gasteiger partial charge in [-0.3, -0.25) is 38.4 Å². The van der Waals surface area contributed by atoms with Crippen LogP contribution in [0.2, 0.25) is 0 Å². The second kappa shape index (κ2) is 28.6. The number of H-pyrrole nitrogens is 1. The van der Waals surface area contributed by atoms with E-state index in [1.807, 2.05) is 66.7 Å². The third-order valence-electron chi connectivity index (χ3n) is 13.7. The highest BCUT2D eigenvalue weighted by Crippen LogP contribution is 2.29. The minimum absolute atomic E-state index is 0.0252. The van der Waals surface area contributed by atoms with Gasteiger partial charge in [0.2, 0.25) is 35.4 Å². The van der Waals surface area contributed by atoms with Crippen LogP contribution in [0.3, 0.4) is 0 Å². The molecule has 77 heavy (non-hydrogen) atoms. The number of ketones is 2. The van der Waals surface area contributed by atoms with Crippen LogP contribution < -0.4 is 43.8 Å². The summed E-state index contributed by atoms with van der Waals surface area (Å²) < 4.78 is 0. The lowest BCUT2D eigenvalue weighted by atomic mass is 9.90. The molecule has 412 valence electrons. The molecule has 19 nitrogen and oxygen atoms in total. The van der Waals surface area contributed by atoms with Gasteiger partial charge in [0, 0.05) is 53.8 Å². The molecule has 6 rings (SSSR count). The van der Waals surface area contributed by atoms with Crippen molar-refractivity contribution < 1.29 is 48.6 Å². The Labute approximate surface area is 455 Å². The van der Waals surface area contributed by atoms with Crippen LogP contribution in [0.25, 0.3) is 21.7 Å². The number of Topliss-reactive ketones (excluding diaryl/α,β-unsaturated/α-hetero) is 2. The molecule has 0 bridgehead atoms. The minimum atomic E-state index is -1.50. The SMILES string of the molecule is CC(C)C1NC(=O)C(CCCCN)NC(=O)C(Cc2c[nH]c3ccccc23)NC(=O)C(Cc2ccc(O)cc2)CC(=O)C(NC(=O)C(N)Cc2ccc3ccccc3c2)CSSCC(C(=O)NC(C(N)=O)C(C)O)CC1=O. The first-order valence-corrected chi connectivity index (χ1v) is 28.4. The van der Waals surface area contributed by atoms with Crippen molar-refractivity contribution in [3.05, 3.63) is 114 Å². The zero-order chi connectivity index (χ0) is 55.8. The third kappa shape index (κ3) is 17.1. The molecule has 1 fully saturated rings. The smallest absolute Gasteiger partial charge is 0.243 e. The molecule has 0 saturated carbocycles. The topological polar surface area (TPSA) is 331 Å². The summed E-state index contributed by atoms with van der Waals surface area (Å²) in [6.07, 6.45) is 0.484. The van der Waals surface area contributed by atoms with Crippen molar-refractivity contribution in [3.8, 4) is 5.75 Å². The summed E-state index contributed by atoms with van der Waals surface area (Å²) in [7, 11) is 2.20. The highest BCUT2D eigenvalue weighted by atomic mass is 33.1. The molecule has 1 aromatic heterocycles. The number of nitrogens with one attached hydrogen (secondary N) is 6. The maximum absolute atomic E-state index is 14.9. The number of hydrogen-bond acceptors (Lipinski definition) is 14. The van der Waals surface area contributed by atoms with Crippen molar-refractivity contribution in [3.63, 3.8) is 0 Å². The molecule has 0 radical (unpaired) electrons. The van der Waals surface area contributed by atoms with Crippen LogP contribution in [0.5, 0.6) is 5.75 Å². The summed E-state index contributed by atoms with van der Waals surface area (Å²) in [5, 5.41) is 37.1. The first kappa shape index (κ1) is 59.5. The maximum atomic E-state index is 14.9. The number of fused-ring (bicyclic) bond motifs is 2. The number of nitrogens with two attached hydrogens (primary N) is 3. The van der Waals surface area contributed by atoms with E-state index in [9.17, 15) is 48.6 Å². The van der Waals surface area contributed by atoms with Crippen molar-refractivity contribution in [2.24, 2.45) is 35.0 Å². The van der Waals surface area contributed by atoms with E-state index in [2.05, 4.69) is 31.6 Å². The van der Waals surface area contributed by atoms with E-state index >= 15 is 0 Å². The predicted molar refractivity (Wildman–Crippen MR) is 299 cm³/mol. The number of phenolic OH excluding ortho intramolecular Hbond substituents is 1. The summed E-state index contributed by atoms with van der Waals surface area (Å²) >= 11 is 0. The Kier molecular flexibility index (Phi) is 22.1. The van der Waals surface area contributed by atoms with Gasteiger partial charge in [-0.2, -0.15) is 0 Å². The molecular formula is C56H71N9O10S2. The van der Waals surface area contributed by atoms with E-state index in [1.54, 1.807) is 32.2 Å². The monoisotopic (exact) mass is 1090 g/mol. The third-order valence-corrected chi connectivity index (χ3v) is 16.2. The number of aromatic amines is 1. The Morgan fingerprint density at radius 3 is 2.12 bits per heavy atom. The highest BCUT2D eigenvalue weighted by molar-refractivity contribution is 8.76. The molecule has 0 aliphatic carbocycles. The Morgan fingerprint density at radius 1 is 0.753 bits per heavy atom. The van der Waals surface area contributed by atoms with Gasteiger partial charge >= 0.3 is 0 Å². The minimum Gasteiger partial charge on any atom is -0.508 e. The van der Waals surface area contributed by atoms with Gasteiger partial charge in [0.15, 0.2) is 11.6 Å². The molecule has 0 spiro atoms. The average Bonchev–Trinajstić information content (AvgIpc) is 3.81. The molecule has 9 atom stereocenters. The van der Waals surface area contributed by atoms with E-state index in [0.717, 1.165) is 48.8 Å². The van der Waals surface area contributed by atoms with E-state index in [4.69, 9.17) is 17.2 Å². The van der Waals surface area contributed by atoms with Crippen LogP contribution in [-0.4, -0.2) is 123 Å². The molecule has 1 aliphatic heterocycles. The number of aromatic nitrogens is 1. The van der Waals surface area contributed by atoms with Gasteiger partial charge in [0.05, 0.1) is 30.1 Å². The number of unbranched alkanes of at least 4 members (excludes halogenated alkanes) is 1. The lowest BCUT2D eigenvalue weighted by Crippen LogP contribution is -2.57. The van der Waals surface area contributed by atoms with E-state index in [-0.39, 0.29) is 42.9 Å².